The summed E-state index contributed by atoms with van der Waals surface area (Å²) in [7, 11) is 0. The number of hydrogen-bond acceptors (Lipinski definition) is 3. The highest BCUT2D eigenvalue weighted by Gasteiger charge is 2.45. The van der Waals surface area contributed by atoms with E-state index in [1.807, 2.05) is 45.0 Å². The van der Waals surface area contributed by atoms with E-state index in [1.165, 1.54) is 0 Å². The molecular weight excluding hydrogens is 266 g/mol. The van der Waals surface area contributed by atoms with Crippen molar-refractivity contribution >= 4 is 5.91 Å². The molecule has 0 spiro atoms. The Kier molecular flexibility index (Phi) is 4.88. The van der Waals surface area contributed by atoms with Crippen LogP contribution >= 0.6 is 0 Å². The first-order valence-corrected chi connectivity index (χ1v) is 7.67. The summed E-state index contributed by atoms with van der Waals surface area (Å²) < 4.78 is 5.57. The molecule has 1 aliphatic rings. The van der Waals surface area contributed by atoms with Gasteiger partial charge in [-0.1, -0.05) is 32.0 Å². The minimum Gasteiger partial charge on any atom is -0.494 e. The van der Waals surface area contributed by atoms with E-state index in [1.54, 1.807) is 4.90 Å². The lowest BCUT2D eigenvalue weighted by Gasteiger charge is -2.49. The molecular formula is C17H25NO3. The standard InChI is InChI=1S/C17H25NO3/c1-4-21-15-8-6-5-7-14(15)9-10-16(19)18-11-17(20,12-18)13(2)3/h5-8,13,20H,4,9-12H2,1-3H3. The molecule has 1 fully saturated rings. The zero-order chi connectivity index (χ0) is 15.5. The Hall–Kier alpha value is -1.55. The van der Waals surface area contributed by atoms with E-state index in [2.05, 4.69) is 0 Å². The van der Waals surface area contributed by atoms with Crippen LogP contribution in [-0.2, 0) is 11.2 Å². The van der Waals surface area contributed by atoms with Gasteiger partial charge in [-0.15, -0.1) is 0 Å². The van der Waals surface area contributed by atoms with Gasteiger partial charge in [0.25, 0.3) is 0 Å². The third-order valence-corrected chi connectivity index (χ3v) is 4.24. The van der Waals surface area contributed by atoms with Crippen molar-refractivity contribution in [1.29, 1.82) is 0 Å². The van der Waals surface area contributed by atoms with Crippen LogP contribution in [0.25, 0.3) is 0 Å². The van der Waals surface area contributed by atoms with Crippen LogP contribution < -0.4 is 4.74 Å². The smallest absolute Gasteiger partial charge is 0.223 e. The molecule has 0 radical (unpaired) electrons. The second-order valence-electron chi connectivity index (χ2n) is 6.05. The van der Waals surface area contributed by atoms with Gasteiger partial charge in [0.1, 0.15) is 11.4 Å². The number of aryl methyl sites for hydroxylation is 1. The monoisotopic (exact) mass is 291 g/mol. The fourth-order valence-electron chi connectivity index (χ4n) is 2.56. The number of para-hydroxylation sites is 1. The summed E-state index contributed by atoms with van der Waals surface area (Å²) in [5.74, 6) is 1.14. The third kappa shape index (κ3) is 3.56. The quantitative estimate of drug-likeness (QED) is 0.874. The van der Waals surface area contributed by atoms with Crippen LogP contribution in [0.5, 0.6) is 5.75 Å². The van der Waals surface area contributed by atoms with Crippen LogP contribution in [0.4, 0.5) is 0 Å². The molecule has 116 valence electrons. The number of carbonyl (C=O) groups is 1. The maximum Gasteiger partial charge on any atom is 0.223 e. The Morgan fingerprint density at radius 1 is 1.38 bits per heavy atom. The van der Waals surface area contributed by atoms with Crippen molar-refractivity contribution in [2.75, 3.05) is 19.7 Å². The molecule has 4 heteroatoms. The number of carbonyl (C=O) groups excluding carboxylic acids is 1. The molecule has 2 rings (SSSR count). The number of hydrogen-bond donors (Lipinski definition) is 1. The van der Waals surface area contributed by atoms with Gasteiger partial charge in [0.2, 0.25) is 5.91 Å². The van der Waals surface area contributed by atoms with Gasteiger partial charge in [0.15, 0.2) is 0 Å². The lowest BCUT2D eigenvalue weighted by molar-refractivity contribution is -0.163. The van der Waals surface area contributed by atoms with E-state index in [0.29, 0.717) is 32.5 Å². The number of rotatable bonds is 6. The molecule has 1 saturated heterocycles. The highest BCUT2D eigenvalue weighted by Crippen LogP contribution is 2.29. The summed E-state index contributed by atoms with van der Waals surface area (Å²) in [6.07, 6.45) is 1.13. The van der Waals surface area contributed by atoms with E-state index in [0.717, 1.165) is 11.3 Å². The van der Waals surface area contributed by atoms with E-state index < -0.39 is 5.60 Å². The van der Waals surface area contributed by atoms with Crippen molar-refractivity contribution in [1.82, 2.24) is 4.90 Å². The third-order valence-electron chi connectivity index (χ3n) is 4.24. The number of nitrogens with zero attached hydrogens (tertiary/aromatic N) is 1. The van der Waals surface area contributed by atoms with Gasteiger partial charge in [0.05, 0.1) is 19.7 Å². The molecule has 0 unspecified atom stereocenters. The summed E-state index contributed by atoms with van der Waals surface area (Å²) in [6, 6.07) is 7.83. The van der Waals surface area contributed by atoms with Crippen molar-refractivity contribution < 1.29 is 14.6 Å². The predicted octanol–water partition coefficient (Wildman–Crippen LogP) is 2.25. The number of amides is 1. The molecule has 1 heterocycles. The zero-order valence-electron chi connectivity index (χ0n) is 13.1. The van der Waals surface area contributed by atoms with Crippen LogP contribution in [0.3, 0.4) is 0 Å². The fourth-order valence-corrected chi connectivity index (χ4v) is 2.56. The Morgan fingerprint density at radius 3 is 2.67 bits per heavy atom. The molecule has 0 atom stereocenters. The van der Waals surface area contributed by atoms with Crippen LogP contribution in [0.2, 0.25) is 0 Å². The van der Waals surface area contributed by atoms with Gasteiger partial charge in [-0.3, -0.25) is 4.79 Å². The summed E-state index contributed by atoms with van der Waals surface area (Å²) in [4.78, 5) is 13.9. The van der Waals surface area contributed by atoms with Gasteiger partial charge in [-0.2, -0.15) is 0 Å². The maximum atomic E-state index is 12.2. The summed E-state index contributed by atoms with van der Waals surface area (Å²) >= 11 is 0. The van der Waals surface area contributed by atoms with Gasteiger partial charge in [-0.05, 0) is 30.9 Å². The molecule has 1 amide bonds. The number of aliphatic hydroxyl groups is 1. The van der Waals surface area contributed by atoms with Gasteiger partial charge in [-0.25, -0.2) is 0 Å². The Balaban J connectivity index is 1.86. The zero-order valence-corrected chi connectivity index (χ0v) is 13.1. The molecule has 1 N–H and O–H groups in total. The summed E-state index contributed by atoms with van der Waals surface area (Å²) in [5, 5.41) is 10.2. The first-order valence-electron chi connectivity index (χ1n) is 7.67. The Morgan fingerprint density at radius 2 is 2.05 bits per heavy atom. The van der Waals surface area contributed by atoms with Crippen LogP contribution in [0.1, 0.15) is 32.8 Å². The van der Waals surface area contributed by atoms with Crippen molar-refractivity contribution in [2.24, 2.45) is 5.92 Å². The average Bonchev–Trinajstić information content (AvgIpc) is 2.42. The first kappa shape index (κ1) is 15.8. The van der Waals surface area contributed by atoms with Gasteiger partial charge < -0.3 is 14.7 Å². The minimum atomic E-state index is -0.696. The Labute approximate surface area is 126 Å². The second kappa shape index (κ2) is 6.48. The summed E-state index contributed by atoms with van der Waals surface area (Å²) in [5.41, 5.74) is 0.367. The Bertz CT molecular complexity index is 493. The van der Waals surface area contributed by atoms with E-state index >= 15 is 0 Å². The highest BCUT2D eigenvalue weighted by atomic mass is 16.5. The lowest BCUT2D eigenvalue weighted by atomic mass is 9.83. The largest absolute Gasteiger partial charge is 0.494 e. The summed E-state index contributed by atoms with van der Waals surface area (Å²) in [6.45, 7) is 7.46. The van der Waals surface area contributed by atoms with E-state index in [9.17, 15) is 9.90 Å². The van der Waals surface area contributed by atoms with E-state index in [-0.39, 0.29) is 11.8 Å². The average molecular weight is 291 g/mol. The van der Waals surface area contributed by atoms with Crippen LogP contribution in [0, 0.1) is 5.92 Å². The first-order chi connectivity index (χ1) is 9.96. The SMILES string of the molecule is CCOc1ccccc1CCC(=O)N1CC(O)(C(C)C)C1. The topological polar surface area (TPSA) is 49.8 Å². The molecule has 0 bridgehead atoms. The van der Waals surface area contributed by atoms with Crippen LogP contribution in [-0.4, -0.2) is 41.2 Å². The molecule has 0 aromatic heterocycles. The lowest BCUT2D eigenvalue weighted by Crippen LogP contribution is -2.65. The van der Waals surface area contributed by atoms with Crippen molar-refractivity contribution in [2.45, 2.75) is 39.2 Å². The maximum absolute atomic E-state index is 12.2. The molecule has 4 nitrogen and oxygen atoms in total. The van der Waals surface area contributed by atoms with E-state index in [4.69, 9.17) is 4.74 Å². The second-order valence-corrected chi connectivity index (χ2v) is 6.05. The van der Waals surface area contributed by atoms with Crippen molar-refractivity contribution in [3.05, 3.63) is 29.8 Å². The molecule has 1 aromatic carbocycles. The van der Waals surface area contributed by atoms with Gasteiger partial charge in [0, 0.05) is 6.42 Å². The van der Waals surface area contributed by atoms with Gasteiger partial charge >= 0.3 is 0 Å². The van der Waals surface area contributed by atoms with Crippen molar-refractivity contribution in [3.8, 4) is 5.75 Å². The minimum absolute atomic E-state index is 0.103. The molecule has 21 heavy (non-hydrogen) atoms. The van der Waals surface area contributed by atoms with Crippen molar-refractivity contribution in [3.63, 3.8) is 0 Å². The number of ether oxygens (including phenoxy) is 1. The molecule has 1 aliphatic heterocycles. The van der Waals surface area contributed by atoms with Crippen LogP contribution in [0.15, 0.2) is 24.3 Å². The predicted molar refractivity (Wildman–Crippen MR) is 82.3 cm³/mol. The normalized spacial score (nSPS) is 16.7. The molecule has 0 saturated carbocycles. The fraction of sp³-hybridized carbons (Fsp3) is 0.588. The molecule has 0 aliphatic carbocycles. The highest BCUT2D eigenvalue weighted by molar-refractivity contribution is 5.77. The number of β-amino-alcohol motifs (C(OH)–C–C–N with tert-alkyl or cyclic N) is 1. The molecule has 1 aromatic rings. The number of benzene rings is 1. The number of likely N-dealkylation sites (tertiary alicyclic amines) is 1.